The van der Waals surface area contributed by atoms with Crippen molar-refractivity contribution in [3.63, 3.8) is 0 Å². The van der Waals surface area contributed by atoms with Gasteiger partial charge < -0.3 is 14.5 Å². The first-order chi connectivity index (χ1) is 10.7. The molecule has 2 aliphatic rings. The highest BCUT2D eigenvalue weighted by molar-refractivity contribution is 5.77. The van der Waals surface area contributed by atoms with Gasteiger partial charge in [0.2, 0.25) is 11.9 Å². The minimum atomic E-state index is 0.200. The third-order valence-corrected chi connectivity index (χ3v) is 4.92. The summed E-state index contributed by atoms with van der Waals surface area (Å²) in [5.74, 6) is 1.74. The number of hydrogen-bond donors (Lipinski definition) is 0. The van der Waals surface area contributed by atoms with Gasteiger partial charge in [-0.3, -0.25) is 4.79 Å². The van der Waals surface area contributed by atoms with Crippen molar-refractivity contribution in [2.75, 3.05) is 38.2 Å². The summed E-state index contributed by atoms with van der Waals surface area (Å²) < 4.78 is 5.12. The Morgan fingerprint density at radius 1 is 1.27 bits per heavy atom. The number of likely N-dealkylation sites (tertiary alicyclic amines) is 1. The molecule has 120 valence electrons. The number of hydrogen-bond acceptors (Lipinski definition) is 5. The van der Waals surface area contributed by atoms with E-state index in [-0.39, 0.29) is 5.41 Å². The van der Waals surface area contributed by atoms with E-state index in [2.05, 4.69) is 21.8 Å². The van der Waals surface area contributed by atoms with E-state index >= 15 is 0 Å². The molecule has 2 fully saturated rings. The fourth-order valence-corrected chi connectivity index (χ4v) is 3.68. The van der Waals surface area contributed by atoms with E-state index in [1.807, 2.05) is 4.90 Å². The predicted octanol–water partition coefficient (Wildman–Crippen LogP) is 1.71. The largest absolute Gasteiger partial charge is 0.494 e. The quantitative estimate of drug-likeness (QED) is 0.851. The maximum atomic E-state index is 11.9. The summed E-state index contributed by atoms with van der Waals surface area (Å²) >= 11 is 0. The maximum absolute atomic E-state index is 11.9. The van der Waals surface area contributed by atoms with Crippen molar-refractivity contribution in [1.29, 1.82) is 0 Å². The van der Waals surface area contributed by atoms with Gasteiger partial charge in [-0.05, 0) is 26.2 Å². The van der Waals surface area contributed by atoms with E-state index < -0.39 is 0 Å². The van der Waals surface area contributed by atoms with Crippen molar-refractivity contribution >= 4 is 11.9 Å². The highest BCUT2D eigenvalue weighted by atomic mass is 16.5. The van der Waals surface area contributed by atoms with Crippen LogP contribution < -0.4 is 9.64 Å². The summed E-state index contributed by atoms with van der Waals surface area (Å²) in [5, 5.41) is 0. The van der Waals surface area contributed by atoms with E-state index in [4.69, 9.17) is 4.74 Å². The first-order valence-electron chi connectivity index (χ1n) is 8.04. The molecule has 1 atom stereocenters. The first kappa shape index (κ1) is 15.1. The maximum Gasteiger partial charge on any atom is 0.225 e. The Morgan fingerprint density at radius 2 is 2.05 bits per heavy atom. The van der Waals surface area contributed by atoms with E-state index in [0.717, 1.165) is 45.0 Å². The van der Waals surface area contributed by atoms with Gasteiger partial charge in [-0.2, -0.15) is 0 Å². The van der Waals surface area contributed by atoms with Crippen LogP contribution in [0.1, 0.15) is 32.6 Å². The second-order valence-corrected chi connectivity index (χ2v) is 6.36. The Labute approximate surface area is 131 Å². The van der Waals surface area contributed by atoms with Crippen LogP contribution in [0.3, 0.4) is 0 Å². The number of carbonyl (C=O) groups excluding carboxylic acids is 1. The number of carbonyl (C=O) groups is 1. The number of anilines is 1. The molecule has 2 aliphatic heterocycles. The van der Waals surface area contributed by atoms with Crippen molar-refractivity contribution < 1.29 is 9.53 Å². The molecule has 1 spiro atoms. The van der Waals surface area contributed by atoms with Crippen molar-refractivity contribution in [1.82, 2.24) is 14.9 Å². The van der Waals surface area contributed by atoms with Crippen LogP contribution >= 0.6 is 0 Å². The Kier molecular flexibility index (Phi) is 4.18. The normalized spacial score (nSPS) is 25.6. The first-order valence-corrected chi connectivity index (χ1v) is 8.04. The third-order valence-electron chi connectivity index (χ3n) is 4.92. The van der Waals surface area contributed by atoms with Crippen LogP contribution in [0, 0.1) is 5.41 Å². The number of methoxy groups -OCH3 is 1. The van der Waals surface area contributed by atoms with Crippen LogP contribution in [0.15, 0.2) is 12.4 Å². The van der Waals surface area contributed by atoms with Gasteiger partial charge >= 0.3 is 0 Å². The standard InChI is InChI=1S/C16H24N4O2/c1-3-19-11-16(7-5-14(19)21)6-4-8-20(12-16)15-17-9-13(22-2)10-18-15/h9-10H,3-8,11-12H2,1-2H3/t16-/m1/s1. The third kappa shape index (κ3) is 2.87. The lowest BCUT2D eigenvalue weighted by molar-refractivity contribution is -0.137. The van der Waals surface area contributed by atoms with Gasteiger partial charge in [-0.15, -0.1) is 0 Å². The zero-order chi connectivity index (χ0) is 15.6. The lowest BCUT2D eigenvalue weighted by Gasteiger charge is -2.48. The number of aromatic nitrogens is 2. The smallest absolute Gasteiger partial charge is 0.225 e. The minimum Gasteiger partial charge on any atom is -0.494 e. The molecule has 1 aromatic heterocycles. The van der Waals surface area contributed by atoms with E-state index in [1.54, 1.807) is 19.5 Å². The molecule has 6 nitrogen and oxygen atoms in total. The van der Waals surface area contributed by atoms with Crippen LogP contribution in [0.2, 0.25) is 0 Å². The second kappa shape index (κ2) is 6.10. The van der Waals surface area contributed by atoms with E-state index in [0.29, 0.717) is 18.1 Å². The van der Waals surface area contributed by atoms with Crippen LogP contribution in [0.4, 0.5) is 5.95 Å². The summed E-state index contributed by atoms with van der Waals surface area (Å²) in [5.41, 5.74) is 0.200. The summed E-state index contributed by atoms with van der Waals surface area (Å²) in [6, 6.07) is 0. The Morgan fingerprint density at radius 3 is 2.73 bits per heavy atom. The molecule has 6 heteroatoms. The topological polar surface area (TPSA) is 58.6 Å². The molecule has 0 unspecified atom stereocenters. The summed E-state index contributed by atoms with van der Waals surface area (Å²) in [6.07, 6.45) is 7.39. The van der Waals surface area contributed by atoms with Crippen molar-refractivity contribution in [3.05, 3.63) is 12.4 Å². The van der Waals surface area contributed by atoms with Crippen LogP contribution in [-0.4, -0.2) is 54.1 Å². The predicted molar refractivity (Wildman–Crippen MR) is 84.0 cm³/mol. The van der Waals surface area contributed by atoms with E-state index in [9.17, 15) is 4.79 Å². The number of rotatable bonds is 3. The molecule has 0 radical (unpaired) electrons. The monoisotopic (exact) mass is 304 g/mol. The molecule has 2 saturated heterocycles. The lowest BCUT2D eigenvalue weighted by Crippen LogP contribution is -2.54. The zero-order valence-corrected chi connectivity index (χ0v) is 13.4. The highest BCUT2D eigenvalue weighted by Gasteiger charge is 2.41. The SMILES string of the molecule is CCN1C[C@@]2(CCCN(c3ncc(OC)cn3)C2)CCC1=O. The number of amides is 1. The van der Waals surface area contributed by atoms with Crippen LogP contribution in [0.5, 0.6) is 5.75 Å². The number of nitrogens with zero attached hydrogens (tertiary/aromatic N) is 4. The van der Waals surface area contributed by atoms with Crippen LogP contribution in [-0.2, 0) is 4.79 Å². The molecule has 1 amide bonds. The van der Waals surface area contributed by atoms with E-state index in [1.165, 1.54) is 6.42 Å². The zero-order valence-electron chi connectivity index (χ0n) is 13.4. The van der Waals surface area contributed by atoms with Crippen molar-refractivity contribution in [2.45, 2.75) is 32.6 Å². The Hall–Kier alpha value is -1.85. The second-order valence-electron chi connectivity index (χ2n) is 6.36. The molecule has 0 aliphatic carbocycles. The number of ether oxygens (including phenoxy) is 1. The van der Waals surface area contributed by atoms with Gasteiger partial charge in [0.25, 0.3) is 0 Å². The van der Waals surface area contributed by atoms with Crippen molar-refractivity contribution in [3.8, 4) is 5.75 Å². The molecule has 0 saturated carbocycles. The molecule has 0 aromatic carbocycles. The summed E-state index contributed by atoms with van der Waals surface area (Å²) in [4.78, 5) is 25.0. The average molecular weight is 304 g/mol. The Bertz CT molecular complexity index is 533. The van der Waals surface area contributed by atoms with Crippen LogP contribution in [0.25, 0.3) is 0 Å². The summed E-state index contributed by atoms with van der Waals surface area (Å²) in [7, 11) is 1.62. The summed E-state index contributed by atoms with van der Waals surface area (Å²) in [6.45, 7) is 5.65. The molecular weight excluding hydrogens is 280 g/mol. The van der Waals surface area contributed by atoms with Gasteiger partial charge in [-0.1, -0.05) is 0 Å². The van der Waals surface area contributed by atoms with Gasteiger partial charge in [0, 0.05) is 38.0 Å². The average Bonchev–Trinajstić information content (AvgIpc) is 2.57. The molecule has 3 rings (SSSR count). The Balaban J connectivity index is 1.74. The fourth-order valence-electron chi connectivity index (χ4n) is 3.68. The molecule has 3 heterocycles. The molecule has 0 bridgehead atoms. The molecule has 22 heavy (non-hydrogen) atoms. The number of piperidine rings is 2. The molecular formula is C16H24N4O2. The van der Waals surface area contributed by atoms with Crippen molar-refractivity contribution in [2.24, 2.45) is 5.41 Å². The van der Waals surface area contributed by atoms with Gasteiger partial charge in [0.1, 0.15) is 0 Å². The highest BCUT2D eigenvalue weighted by Crippen LogP contribution is 2.39. The van der Waals surface area contributed by atoms with Gasteiger partial charge in [-0.25, -0.2) is 9.97 Å². The van der Waals surface area contributed by atoms with Gasteiger partial charge in [0.05, 0.1) is 19.5 Å². The molecule has 0 N–H and O–H groups in total. The lowest BCUT2D eigenvalue weighted by atomic mass is 9.73. The fraction of sp³-hybridized carbons (Fsp3) is 0.688. The molecule has 1 aromatic rings. The minimum absolute atomic E-state index is 0.200. The van der Waals surface area contributed by atoms with Gasteiger partial charge in [0.15, 0.2) is 5.75 Å².